The third-order valence-corrected chi connectivity index (χ3v) is 4.79. The van der Waals surface area contributed by atoms with Crippen molar-refractivity contribution in [2.75, 3.05) is 31.1 Å². The molecule has 0 aliphatic carbocycles. The first kappa shape index (κ1) is 23.4. The maximum absolute atomic E-state index is 12.3. The number of anilines is 1. The molecule has 1 aromatic rings. The summed E-state index contributed by atoms with van der Waals surface area (Å²) in [5, 5.41) is 11.2. The summed E-state index contributed by atoms with van der Waals surface area (Å²) >= 11 is 0. The summed E-state index contributed by atoms with van der Waals surface area (Å²) in [6, 6.07) is 4.51. The Bertz CT molecular complexity index is 781. The predicted molar refractivity (Wildman–Crippen MR) is 113 cm³/mol. The molecule has 0 bridgehead atoms. The Morgan fingerprint density at radius 2 is 1.83 bits per heavy atom. The van der Waals surface area contributed by atoms with Gasteiger partial charge in [-0.1, -0.05) is 6.92 Å². The van der Waals surface area contributed by atoms with E-state index in [1.54, 1.807) is 11.0 Å². The van der Waals surface area contributed by atoms with Crippen molar-refractivity contribution in [1.29, 1.82) is 0 Å². The van der Waals surface area contributed by atoms with E-state index in [4.69, 9.17) is 9.47 Å². The molecule has 1 aliphatic rings. The van der Waals surface area contributed by atoms with Crippen LogP contribution in [0.25, 0.3) is 0 Å². The second kappa shape index (κ2) is 9.77. The van der Waals surface area contributed by atoms with Crippen LogP contribution in [-0.2, 0) is 20.7 Å². The number of hydrogen-bond donors (Lipinski definition) is 0. The van der Waals surface area contributed by atoms with Crippen LogP contribution < -0.4 is 4.90 Å². The second-order valence-electron chi connectivity index (χ2n) is 8.41. The van der Waals surface area contributed by atoms with Crippen molar-refractivity contribution in [3.8, 4) is 0 Å². The lowest BCUT2D eigenvalue weighted by Gasteiger charge is -2.37. The molecule has 0 N–H and O–H groups in total. The Morgan fingerprint density at radius 1 is 1.20 bits per heavy atom. The van der Waals surface area contributed by atoms with Gasteiger partial charge in [0.15, 0.2) is 0 Å². The molecule has 0 radical (unpaired) electrons. The van der Waals surface area contributed by atoms with E-state index in [0.29, 0.717) is 38.2 Å². The Kier molecular flexibility index (Phi) is 7.64. The first-order chi connectivity index (χ1) is 14.0. The maximum atomic E-state index is 12.3. The monoisotopic (exact) mass is 421 g/mol. The number of benzene rings is 1. The Balaban J connectivity index is 2.14. The second-order valence-corrected chi connectivity index (χ2v) is 8.41. The van der Waals surface area contributed by atoms with Crippen molar-refractivity contribution in [3.05, 3.63) is 33.9 Å². The van der Waals surface area contributed by atoms with E-state index in [2.05, 4.69) is 0 Å². The third-order valence-electron chi connectivity index (χ3n) is 4.79. The molecule has 9 nitrogen and oxygen atoms in total. The van der Waals surface area contributed by atoms with E-state index in [1.807, 2.05) is 39.5 Å². The van der Waals surface area contributed by atoms with Crippen molar-refractivity contribution in [1.82, 2.24) is 4.90 Å². The summed E-state index contributed by atoms with van der Waals surface area (Å²) in [5.74, 6) is -0.418. The number of nitro benzene ring substituents is 1. The zero-order valence-electron chi connectivity index (χ0n) is 18.3. The minimum Gasteiger partial charge on any atom is -0.462 e. The van der Waals surface area contributed by atoms with Gasteiger partial charge in [0, 0.05) is 44.0 Å². The molecule has 1 heterocycles. The van der Waals surface area contributed by atoms with Gasteiger partial charge < -0.3 is 19.3 Å². The molecule has 0 spiro atoms. The first-order valence-electron chi connectivity index (χ1n) is 10.2. The minimum absolute atomic E-state index is 0.0480. The van der Waals surface area contributed by atoms with Gasteiger partial charge in [-0.25, -0.2) is 4.79 Å². The number of esters is 1. The van der Waals surface area contributed by atoms with Crippen LogP contribution >= 0.6 is 0 Å². The van der Waals surface area contributed by atoms with Crippen molar-refractivity contribution in [3.63, 3.8) is 0 Å². The molecular weight excluding hydrogens is 390 g/mol. The molecule has 30 heavy (non-hydrogen) atoms. The summed E-state index contributed by atoms with van der Waals surface area (Å²) in [6.07, 6.45) is 0.0774. The summed E-state index contributed by atoms with van der Waals surface area (Å²) in [4.78, 5) is 39.0. The fourth-order valence-corrected chi connectivity index (χ4v) is 3.10. The topological polar surface area (TPSA) is 102 Å². The number of ether oxygens (including phenoxy) is 2. The van der Waals surface area contributed by atoms with Gasteiger partial charge in [0.05, 0.1) is 17.4 Å². The molecule has 9 heteroatoms. The highest BCUT2D eigenvalue weighted by Crippen LogP contribution is 2.28. The van der Waals surface area contributed by atoms with E-state index < -0.39 is 16.5 Å². The van der Waals surface area contributed by atoms with Crippen LogP contribution in [0.5, 0.6) is 0 Å². The molecule has 1 fully saturated rings. The molecule has 0 saturated carbocycles. The molecule has 1 amide bonds. The molecule has 1 aromatic carbocycles. The molecule has 0 aromatic heterocycles. The number of amides is 1. The van der Waals surface area contributed by atoms with Crippen molar-refractivity contribution < 1.29 is 24.0 Å². The maximum Gasteiger partial charge on any atom is 0.410 e. The van der Waals surface area contributed by atoms with Gasteiger partial charge in [-0.15, -0.1) is 0 Å². The van der Waals surface area contributed by atoms with E-state index in [9.17, 15) is 19.7 Å². The average Bonchev–Trinajstić information content (AvgIpc) is 2.66. The van der Waals surface area contributed by atoms with E-state index in [1.165, 1.54) is 12.1 Å². The SMILES string of the molecule is CC[C@@H](C)OC(=O)Cc1cc([N+](=O)[O-])ccc1N1CCN(C(=O)OC(C)(C)C)CC1. The highest BCUT2D eigenvalue weighted by molar-refractivity contribution is 5.76. The molecular formula is C21H31N3O6. The summed E-state index contributed by atoms with van der Waals surface area (Å²) < 4.78 is 10.8. The zero-order valence-corrected chi connectivity index (χ0v) is 18.3. The van der Waals surface area contributed by atoms with Gasteiger partial charge in [-0.05, 0) is 45.7 Å². The lowest BCUT2D eigenvalue weighted by molar-refractivity contribution is -0.384. The normalized spacial score (nSPS) is 15.5. The summed E-state index contributed by atoms with van der Waals surface area (Å²) in [6.45, 7) is 11.2. The molecule has 166 valence electrons. The Morgan fingerprint density at radius 3 is 2.37 bits per heavy atom. The van der Waals surface area contributed by atoms with Crippen LogP contribution in [0.2, 0.25) is 0 Å². The highest BCUT2D eigenvalue weighted by atomic mass is 16.6. The number of carbonyl (C=O) groups is 2. The van der Waals surface area contributed by atoms with Gasteiger partial charge in [-0.3, -0.25) is 14.9 Å². The van der Waals surface area contributed by atoms with Crippen LogP contribution in [-0.4, -0.2) is 59.8 Å². The third kappa shape index (κ3) is 6.60. The summed E-state index contributed by atoms with van der Waals surface area (Å²) in [5.41, 5.74) is 0.654. The predicted octanol–water partition coefficient (Wildman–Crippen LogP) is 3.54. The van der Waals surface area contributed by atoms with Crippen molar-refractivity contribution in [2.24, 2.45) is 0 Å². The molecule has 0 unspecified atom stereocenters. The van der Waals surface area contributed by atoms with Crippen LogP contribution in [0.3, 0.4) is 0 Å². The molecule has 1 saturated heterocycles. The molecule has 2 rings (SSSR count). The van der Waals surface area contributed by atoms with Gasteiger partial charge >= 0.3 is 12.1 Å². The van der Waals surface area contributed by atoms with Gasteiger partial charge in [-0.2, -0.15) is 0 Å². The van der Waals surface area contributed by atoms with Crippen LogP contribution in [0.1, 0.15) is 46.6 Å². The Labute approximate surface area is 177 Å². The zero-order chi connectivity index (χ0) is 22.5. The lowest BCUT2D eigenvalue weighted by Crippen LogP contribution is -2.50. The van der Waals surface area contributed by atoms with E-state index in [-0.39, 0.29) is 24.3 Å². The number of rotatable bonds is 6. The number of nitrogens with zero attached hydrogens (tertiary/aromatic N) is 3. The van der Waals surface area contributed by atoms with Crippen molar-refractivity contribution in [2.45, 2.75) is 59.2 Å². The first-order valence-corrected chi connectivity index (χ1v) is 10.2. The number of non-ortho nitro benzene ring substituents is 1. The number of nitro groups is 1. The van der Waals surface area contributed by atoms with Gasteiger partial charge in [0.25, 0.3) is 5.69 Å². The van der Waals surface area contributed by atoms with Gasteiger partial charge in [0.2, 0.25) is 0 Å². The van der Waals surface area contributed by atoms with Crippen molar-refractivity contribution >= 4 is 23.4 Å². The lowest BCUT2D eigenvalue weighted by atomic mass is 10.1. The minimum atomic E-state index is -0.560. The summed E-state index contributed by atoms with van der Waals surface area (Å²) in [7, 11) is 0. The Hall–Kier alpha value is -2.84. The fraction of sp³-hybridized carbons (Fsp3) is 0.619. The van der Waals surface area contributed by atoms with E-state index in [0.717, 1.165) is 5.69 Å². The average molecular weight is 421 g/mol. The number of hydrogen-bond acceptors (Lipinski definition) is 7. The van der Waals surface area contributed by atoms with Crippen LogP contribution in [0, 0.1) is 10.1 Å². The standard InChI is InChI=1S/C21H31N3O6/c1-6-15(2)29-19(25)14-16-13-17(24(27)28)7-8-18(16)22-9-11-23(12-10-22)20(26)30-21(3,4)5/h7-8,13,15H,6,9-12,14H2,1-5H3/t15-/m1/s1. The van der Waals surface area contributed by atoms with Crippen LogP contribution in [0.4, 0.5) is 16.2 Å². The number of carbonyl (C=O) groups excluding carboxylic acids is 2. The molecule has 1 atom stereocenters. The largest absolute Gasteiger partial charge is 0.462 e. The van der Waals surface area contributed by atoms with E-state index >= 15 is 0 Å². The highest BCUT2D eigenvalue weighted by Gasteiger charge is 2.27. The van der Waals surface area contributed by atoms with Gasteiger partial charge in [0.1, 0.15) is 5.60 Å². The van der Waals surface area contributed by atoms with Crippen LogP contribution in [0.15, 0.2) is 18.2 Å². The molecule has 1 aliphatic heterocycles. The number of piperazine rings is 1. The quantitative estimate of drug-likeness (QED) is 0.393. The fourth-order valence-electron chi connectivity index (χ4n) is 3.10. The smallest absolute Gasteiger partial charge is 0.410 e.